The quantitative estimate of drug-likeness (QED) is 0.664. The molecule has 1 aliphatic rings. The molecule has 0 atom stereocenters. The van der Waals surface area contributed by atoms with E-state index >= 15 is 0 Å². The van der Waals surface area contributed by atoms with Crippen LogP contribution in [0.2, 0.25) is 0 Å². The van der Waals surface area contributed by atoms with E-state index in [0.717, 1.165) is 17.4 Å². The lowest BCUT2D eigenvalue weighted by atomic mass is 10.2. The molecule has 2 heteroatoms. The van der Waals surface area contributed by atoms with E-state index in [1.807, 2.05) is 24.3 Å². The van der Waals surface area contributed by atoms with Gasteiger partial charge in [-0.05, 0) is 18.1 Å². The molecule has 0 aliphatic carbocycles. The molecule has 0 amide bonds. The van der Waals surface area contributed by atoms with Crippen molar-refractivity contribution in [3.8, 4) is 11.5 Å². The maximum atomic E-state index is 5.12. The number of para-hydroxylation sites is 2. The summed E-state index contributed by atoms with van der Waals surface area (Å²) in [4.78, 5) is 0. The van der Waals surface area contributed by atoms with E-state index in [1.54, 1.807) is 0 Å². The van der Waals surface area contributed by atoms with Gasteiger partial charge in [-0.3, -0.25) is 0 Å². The second-order valence-corrected chi connectivity index (χ2v) is 4.46. The van der Waals surface area contributed by atoms with Crippen LogP contribution in [-0.4, -0.2) is 0 Å². The fraction of sp³-hybridized carbons (Fsp3) is 0.500. The number of fused-ring (bicyclic) bond motifs is 1. The van der Waals surface area contributed by atoms with Crippen LogP contribution in [0.3, 0.4) is 0 Å². The Hall–Kier alpha value is -1.44. The Morgan fingerprint density at radius 1 is 0.889 bits per heavy atom. The number of benzene rings is 1. The molecule has 1 aromatic rings. The molecule has 0 unspecified atom stereocenters. The fourth-order valence-corrected chi connectivity index (χ4v) is 0.847. The molecule has 2 nitrogen and oxygen atoms in total. The van der Waals surface area contributed by atoms with Crippen molar-refractivity contribution in [3.05, 3.63) is 36.8 Å². The van der Waals surface area contributed by atoms with Gasteiger partial charge in [0.15, 0.2) is 11.5 Å². The Labute approximate surface area is 112 Å². The Bertz CT molecular complexity index is 303. The third kappa shape index (κ3) is 7.77. The summed E-state index contributed by atoms with van der Waals surface area (Å²) < 4.78 is 10.2. The van der Waals surface area contributed by atoms with Crippen LogP contribution in [-0.2, 0) is 0 Å². The van der Waals surface area contributed by atoms with Gasteiger partial charge in [-0.25, -0.2) is 0 Å². The van der Waals surface area contributed by atoms with Crippen LogP contribution < -0.4 is 9.47 Å². The van der Waals surface area contributed by atoms with Gasteiger partial charge in [0.2, 0.25) is 0 Å². The molecule has 0 spiro atoms. The predicted molar refractivity (Wildman–Crippen MR) is 77.9 cm³/mol. The van der Waals surface area contributed by atoms with Crippen LogP contribution in [0.1, 0.15) is 47.5 Å². The second-order valence-electron chi connectivity index (χ2n) is 4.46. The maximum absolute atomic E-state index is 5.12. The lowest BCUT2D eigenvalue weighted by molar-refractivity contribution is 0.362. The number of hydrogen-bond donors (Lipinski definition) is 0. The van der Waals surface area contributed by atoms with E-state index in [1.165, 1.54) is 25.4 Å². The normalized spacial score (nSPS) is 11.0. The fourth-order valence-electron chi connectivity index (χ4n) is 0.847. The summed E-state index contributed by atoms with van der Waals surface area (Å²) in [6.07, 6.45) is 5.59. The van der Waals surface area contributed by atoms with Crippen LogP contribution in [0.15, 0.2) is 36.8 Å². The van der Waals surface area contributed by atoms with Crippen molar-refractivity contribution in [3.63, 3.8) is 0 Å². The summed E-state index contributed by atoms with van der Waals surface area (Å²) in [5.74, 6) is 2.42. The van der Waals surface area contributed by atoms with E-state index in [4.69, 9.17) is 9.47 Å². The maximum Gasteiger partial charge on any atom is 0.169 e. The highest BCUT2D eigenvalue weighted by atomic mass is 16.5. The standard InChI is InChI=1S/C8H6O2.C5H12.C3H8/c1-2-4-8-7(3-1)9-5-6-10-8;1-4-5(2)3;1-3-2/h1-6H;5H,4H2,1-3H3;3H2,1-2H3. The van der Waals surface area contributed by atoms with Gasteiger partial charge < -0.3 is 9.47 Å². The van der Waals surface area contributed by atoms with Crippen LogP contribution in [0.5, 0.6) is 11.5 Å². The first-order valence-corrected chi connectivity index (χ1v) is 6.72. The first kappa shape index (κ1) is 16.6. The first-order valence-electron chi connectivity index (χ1n) is 6.72. The van der Waals surface area contributed by atoms with Crippen molar-refractivity contribution in [1.29, 1.82) is 0 Å². The molecule has 0 aromatic heterocycles. The molecule has 0 saturated heterocycles. The van der Waals surface area contributed by atoms with Gasteiger partial charge in [0, 0.05) is 0 Å². The molecule has 1 aliphatic heterocycles. The van der Waals surface area contributed by atoms with Gasteiger partial charge >= 0.3 is 0 Å². The molecule has 0 radical (unpaired) electrons. The molecule has 2 rings (SSSR count). The number of rotatable bonds is 1. The topological polar surface area (TPSA) is 18.5 Å². The molecule has 0 bridgehead atoms. The van der Waals surface area contributed by atoms with E-state index in [0.29, 0.717) is 0 Å². The Kier molecular flexibility index (Phi) is 9.84. The van der Waals surface area contributed by atoms with Gasteiger partial charge in [0.1, 0.15) is 12.5 Å². The third-order valence-electron chi connectivity index (χ3n) is 2.11. The lowest BCUT2D eigenvalue weighted by Crippen LogP contribution is -1.94. The van der Waals surface area contributed by atoms with Gasteiger partial charge in [-0.1, -0.05) is 59.6 Å². The average Bonchev–Trinajstić information content (AvgIpc) is 2.40. The minimum Gasteiger partial charge on any atom is -0.458 e. The van der Waals surface area contributed by atoms with Crippen molar-refractivity contribution < 1.29 is 9.47 Å². The first-order chi connectivity index (χ1) is 8.65. The smallest absolute Gasteiger partial charge is 0.169 e. The monoisotopic (exact) mass is 250 g/mol. The molecule has 102 valence electrons. The Morgan fingerprint density at radius 2 is 1.22 bits per heavy atom. The van der Waals surface area contributed by atoms with Crippen molar-refractivity contribution in [2.75, 3.05) is 0 Å². The van der Waals surface area contributed by atoms with Gasteiger partial charge in [0.25, 0.3) is 0 Å². The van der Waals surface area contributed by atoms with Crippen LogP contribution in [0, 0.1) is 5.92 Å². The van der Waals surface area contributed by atoms with Crippen molar-refractivity contribution in [2.45, 2.75) is 47.5 Å². The minimum absolute atomic E-state index is 0.769. The van der Waals surface area contributed by atoms with Crippen LogP contribution >= 0.6 is 0 Å². The molecular formula is C16H26O2. The molecular weight excluding hydrogens is 224 g/mol. The third-order valence-corrected chi connectivity index (χ3v) is 2.11. The molecule has 1 heterocycles. The van der Waals surface area contributed by atoms with E-state index in [2.05, 4.69) is 34.6 Å². The van der Waals surface area contributed by atoms with Crippen molar-refractivity contribution in [1.82, 2.24) is 0 Å². The predicted octanol–water partition coefficient (Wildman–Crippen LogP) is 5.40. The molecule has 0 fully saturated rings. The average molecular weight is 250 g/mol. The van der Waals surface area contributed by atoms with Gasteiger partial charge in [-0.15, -0.1) is 0 Å². The Balaban J connectivity index is 0.000000309. The van der Waals surface area contributed by atoms with E-state index in [9.17, 15) is 0 Å². The zero-order chi connectivity index (χ0) is 13.8. The number of ether oxygens (including phenoxy) is 2. The Morgan fingerprint density at radius 3 is 1.50 bits per heavy atom. The summed E-state index contributed by atoms with van der Waals surface area (Å²) in [6.45, 7) is 10.9. The summed E-state index contributed by atoms with van der Waals surface area (Å²) in [6, 6.07) is 7.53. The molecule has 0 N–H and O–H groups in total. The molecule has 18 heavy (non-hydrogen) atoms. The summed E-state index contributed by atoms with van der Waals surface area (Å²) >= 11 is 0. The second kappa shape index (κ2) is 10.7. The summed E-state index contributed by atoms with van der Waals surface area (Å²) in [5.41, 5.74) is 0. The highest BCUT2D eigenvalue weighted by molar-refractivity contribution is 5.41. The van der Waals surface area contributed by atoms with Gasteiger partial charge in [-0.2, -0.15) is 0 Å². The zero-order valence-corrected chi connectivity index (χ0v) is 12.3. The molecule has 1 aromatic carbocycles. The van der Waals surface area contributed by atoms with Crippen LogP contribution in [0.25, 0.3) is 0 Å². The summed E-state index contributed by atoms with van der Waals surface area (Å²) in [7, 11) is 0. The van der Waals surface area contributed by atoms with Crippen molar-refractivity contribution >= 4 is 0 Å². The lowest BCUT2D eigenvalue weighted by Gasteiger charge is -2.10. The van der Waals surface area contributed by atoms with Crippen LogP contribution in [0.4, 0.5) is 0 Å². The largest absolute Gasteiger partial charge is 0.458 e. The van der Waals surface area contributed by atoms with E-state index < -0.39 is 0 Å². The van der Waals surface area contributed by atoms with Crippen molar-refractivity contribution in [2.24, 2.45) is 5.92 Å². The minimum atomic E-state index is 0.769. The van der Waals surface area contributed by atoms with Gasteiger partial charge in [0.05, 0.1) is 0 Å². The number of hydrogen-bond acceptors (Lipinski definition) is 2. The highest BCUT2D eigenvalue weighted by Crippen LogP contribution is 2.28. The molecule has 0 saturated carbocycles. The van der Waals surface area contributed by atoms with E-state index in [-0.39, 0.29) is 0 Å². The SMILES string of the molecule is C1=COc2ccccc2O1.CCC.CCC(C)C. The summed E-state index contributed by atoms with van der Waals surface area (Å²) in [5, 5.41) is 0. The zero-order valence-electron chi connectivity index (χ0n) is 12.3. The highest BCUT2D eigenvalue weighted by Gasteiger charge is 2.04.